The standard InChI is InChI=1S/C16H20N4O2/c1-11(13-7-5-6-8-14(13)22-4)9-15(21)18-12(2)16-19-17-10-20(16)3/h5-10,12H,1-4H3,(H,18,21)/b11-9-/t12-/m1/s1. The number of methoxy groups -OCH3 is 1. The molecule has 116 valence electrons. The molecule has 2 aromatic rings. The van der Waals surface area contributed by atoms with Gasteiger partial charge in [0.25, 0.3) is 0 Å². The van der Waals surface area contributed by atoms with Gasteiger partial charge in [0.15, 0.2) is 5.82 Å². The normalized spacial score (nSPS) is 12.8. The Kier molecular flexibility index (Phi) is 4.93. The fourth-order valence-electron chi connectivity index (χ4n) is 2.25. The summed E-state index contributed by atoms with van der Waals surface area (Å²) in [5.74, 6) is 1.26. The third-order valence-corrected chi connectivity index (χ3v) is 3.37. The number of carbonyl (C=O) groups excluding carboxylic acids is 1. The molecule has 1 N–H and O–H groups in total. The van der Waals surface area contributed by atoms with Gasteiger partial charge in [-0.05, 0) is 25.5 Å². The van der Waals surface area contributed by atoms with Gasteiger partial charge < -0.3 is 14.6 Å². The van der Waals surface area contributed by atoms with E-state index >= 15 is 0 Å². The average molecular weight is 300 g/mol. The van der Waals surface area contributed by atoms with Crippen LogP contribution in [0.5, 0.6) is 5.75 Å². The summed E-state index contributed by atoms with van der Waals surface area (Å²) in [5.41, 5.74) is 1.73. The van der Waals surface area contributed by atoms with Crippen molar-refractivity contribution in [3.63, 3.8) is 0 Å². The minimum absolute atomic E-state index is 0.182. The van der Waals surface area contributed by atoms with Crippen molar-refractivity contribution in [3.8, 4) is 5.75 Å². The van der Waals surface area contributed by atoms with E-state index in [1.165, 1.54) is 0 Å². The Labute approximate surface area is 129 Å². The third kappa shape index (κ3) is 3.52. The number of carbonyl (C=O) groups is 1. The molecule has 22 heavy (non-hydrogen) atoms. The molecule has 1 amide bonds. The second kappa shape index (κ2) is 6.89. The summed E-state index contributed by atoms with van der Waals surface area (Å²) in [7, 11) is 3.45. The number of aromatic nitrogens is 3. The van der Waals surface area contributed by atoms with Crippen molar-refractivity contribution in [2.75, 3.05) is 7.11 Å². The van der Waals surface area contributed by atoms with Crippen LogP contribution in [0.2, 0.25) is 0 Å². The monoisotopic (exact) mass is 300 g/mol. The minimum Gasteiger partial charge on any atom is -0.496 e. The molecule has 0 unspecified atom stereocenters. The first kappa shape index (κ1) is 15.8. The van der Waals surface area contributed by atoms with Crippen LogP contribution in [0.4, 0.5) is 0 Å². The van der Waals surface area contributed by atoms with Crippen molar-refractivity contribution in [2.45, 2.75) is 19.9 Å². The van der Waals surface area contributed by atoms with Crippen LogP contribution in [-0.2, 0) is 11.8 Å². The summed E-state index contributed by atoms with van der Waals surface area (Å²) >= 11 is 0. The number of nitrogens with one attached hydrogen (secondary N) is 1. The van der Waals surface area contributed by atoms with Crippen LogP contribution < -0.4 is 10.1 Å². The van der Waals surface area contributed by atoms with Crippen LogP contribution in [0.3, 0.4) is 0 Å². The van der Waals surface area contributed by atoms with E-state index in [1.807, 2.05) is 45.2 Å². The lowest BCUT2D eigenvalue weighted by Gasteiger charge is -2.12. The zero-order chi connectivity index (χ0) is 16.1. The summed E-state index contributed by atoms with van der Waals surface area (Å²) in [5, 5.41) is 10.7. The van der Waals surface area contributed by atoms with E-state index in [4.69, 9.17) is 4.74 Å². The number of ether oxygens (including phenoxy) is 1. The van der Waals surface area contributed by atoms with Crippen LogP contribution in [0.1, 0.15) is 31.3 Å². The highest BCUT2D eigenvalue weighted by molar-refractivity contribution is 5.95. The molecule has 0 fully saturated rings. The summed E-state index contributed by atoms with van der Waals surface area (Å²) in [6.45, 7) is 3.75. The molecule has 1 aromatic carbocycles. The highest BCUT2D eigenvalue weighted by atomic mass is 16.5. The van der Waals surface area contributed by atoms with Gasteiger partial charge in [0, 0.05) is 18.7 Å². The van der Waals surface area contributed by atoms with Gasteiger partial charge in [0.1, 0.15) is 12.1 Å². The van der Waals surface area contributed by atoms with E-state index in [0.717, 1.165) is 16.9 Å². The number of rotatable bonds is 5. The fourth-order valence-corrected chi connectivity index (χ4v) is 2.25. The van der Waals surface area contributed by atoms with Gasteiger partial charge in [-0.2, -0.15) is 0 Å². The van der Waals surface area contributed by atoms with Crippen molar-refractivity contribution < 1.29 is 9.53 Å². The Hall–Kier alpha value is -2.63. The molecule has 1 aromatic heterocycles. The van der Waals surface area contributed by atoms with E-state index in [2.05, 4.69) is 15.5 Å². The summed E-state index contributed by atoms with van der Waals surface area (Å²) in [6.07, 6.45) is 3.17. The number of nitrogens with zero attached hydrogens (tertiary/aromatic N) is 3. The molecule has 0 aliphatic carbocycles. The Balaban J connectivity index is 2.11. The molecular weight excluding hydrogens is 280 g/mol. The first-order valence-corrected chi connectivity index (χ1v) is 6.99. The zero-order valence-electron chi connectivity index (χ0n) is 13.2. The van der Waals surface area contributed by atoms with E-state index in [-0.39, 0.29) is 11.9 Å². The van der Waals surface area contributed by atoms with E-state index in [1.54, 1.807) is 24.1 Å². The molecule has 0 saturated heterocycles. The second-order valence-corrected chi connectivity index (χ2v) is 5.06. The number of hydrogen-bond acceptors (Lipinski definition) is 4. The third-order valence-electron chi connectivity index (χ3n) is 3.37. The smallest absolute Gasteiger partial charge is 0.244 e. The van der Waals surface area contributed by atoms with Gasteiger partial charge in [-0.25, -0.2) is 0 Å². The number of para-hydroxylation sites is 1. The number of benzene rings is 1. The van der Waals surface area contributed by atoms with Crippen LogP contribution in [-0.4, -0.2) is 27.8 Å². The van der Waals surface area contributed by atoms with Gasteiger partial charge in [0.05, 0.1) is 13.2 Å². The van der Waals surface area contributed by atoms with Crippen LogP contribution in [0.15, 0.2) is 36.7 Å². The lowest BCUT2D eigenvalue weighted by Crippen LogP contribution is -2.27. The Morgan fingerprint density at radius 1 is 1.41 bits per heavy atom. The molecule has 0 aliphatic rings. The van der Waals surface area contributed by atoms with E-state index in [0.29, 0.717) is 5.82 Å². The summed E-state index contributed by atoms with van der Waals surface area (Å²) in [4.78, 5) is 12.2. The molecule has 0 radical (unpaired) electrons. The molecule has 0 bridgehead atoms. The minimum atomic E-state index is -0.221. The van der Waals surface area contributed by atoms with Gasteiger partial charge in [0.2, 0.25) is 5.91 Å². The number of amides is 1. The molecule has 0 saturated carbocycles. The molecule has 1 atom stereocenters. The van der Waals surface area contributed by atoms with Crippen molar-refractivity contribution in [2.24, 2.45) is 7.05 Å². The maximum Gasteiger partial charge on any atom is 0.244 e. The first-order chi connectivity index (χ1) is 10.5. The number of hydrogen-bond donors (Lipinski definition) is 1. The van der Waals surface area contributed by atoms with Crippen LogP contribution in [0.25, 0.3) is 5.57 Å². The molecule has 0 spiro atoms. The Bertz CT molecular complexity index is 691. The molecular formula is C16H20N4O2. The molecule has 6 heteroatoms. The molecule has 0 aliphatic heterocycles. The average Bonchev–Trinajstić information content (AvgIpc) is 2.93. The predicted molar refractivity (Wildman–Crippen MR) is 84.2 cm³/mol. The van der Waals surface area contributed by atoms with Crippen molar-refractivity contribution in [1.29, 1.82) is 0 Å². The van der Waals surface area contributed by atoms with Gasteiger partial charge in [-0.1, -0.05) is 18.2 Å². The van der Waals surface area contributed by atoms with Crippen molar-refractivity contribution in [3.05, 3.63) is 48.1 Å². The summed E-state index contributed by atoms with van der Waals surface area (Å²) < 4.78 is 7.09. The zero-order valence-corrected chi connectivity index (χ0v) is 13.2. The van der Waals surface area contributed by atoms with Gasteiger partial charge in [-0.15, -0.1) is 10.2 Å². The quantitative estimate of drug-likeness (QED) is 0.859. The maximum absolute atomic E-state index is 12.2. The largest absolute Gasteiger partial charge is 0.496 e. The molecule has 1 heterocycles. The van der Waals surface area contributed by atoms with Gasteiger partial charge in [-0.3, -0.25) is 4.79 Å². The predicted octanol–water partition coefficient (Wildman–Crippen LogP) is 2.10. The first-order valence-electron chi connectivity index (χ1n) is 6.99. The lowest BCUT2D eigenvalue weighted by atomic mass is 10.1. The highest BCUT2D eigenvalue weighted by Crippen LogP contribution is 2.25. The maximum atomic E-state index is 12.2. The highest BCUT2D eigenvalue weighted by Gasteiger charge is 2.13. The fraction of sp³-hybridized carbons (Fsp3) is 0.312. The van der Waals surface area contributed by atoms with Crippen molar-refractivity contribution in [1.82, 2.24) is 20.1 Å². The summed E-state index contributed by atoms with van der Waals surface area (Å²) in [6, 6.07) is 7.37. The lowest BCUT2D eigenvalue weighted by molar-refractivity contribution is -0.117. The van der Waals surface area contributed by atoms with Gasteiger partial charge >= 0.3 is 0 Å². The number of aryl methyl sites for hydroxylation is 1. The number of allylic oxidation sites excluding steroid dienone is 1. The van der Waals surface area contributed by atoms with Crippen LogP contribution in [0, 0.1) is 0 Å². The Morgan fingerprint density at radius 3 is 2.77 bits per heavy atom. The second-order valence-electron chi connectivity index (χ2n) is 5.06. The molecule has 2 rings (SSSR count). The van der Waals surface area contributed by atoms with E-state index in [9.17, 15) is 4.79 Å². The SMILES string of the molecule is COc1ccccc1/C(C)=C\C(=O)N[C@H](C)c1nncn1C. The Morgan fingerprint density at radius 2 is 2.14 bits per heavy atom. The topological polar surface area (TPSA) is 69.0 Å². The van der Waals surface area contributed by atoms with E-state index < -0.39 is 0 Å². The van der Waals surface area contributed by atoms with Crippen molar-refractivity contribution >= 4 is 11.5 Å². The molecule has 6 nitrogen and oxygen atoms in total. The van der Waals surface area contributed by atoms with Crippen LogP contribution >= 0.6 is 0 Å².